The molecule has 0 aliphatic carbocycles. The molecule has 0 saturated carbocycles. The highest BCUT2D eigenvalue weighted by Gasteiger charge is 2.21. The highest BCUT2D eigenvalue weighted by Crippen LogP contribution is 2.30. The molecule has 1 atom stereocenters. The summed E-state index contributed by atoms with van der Waals surface area (Å²) in [5.41, 5.74) is 0. The zero-order valence-electron chi connectivity index (χ0n) is 12.9. The first-order chi connectivity index (χ1) is 11.1. The van der Waals surface area contributed by atoms with Crippen molar-refractivity contribution in [3.05, 3.63) is 29.3 Å². The Hall–Kier alpha value is -2.35. The molecule has 0 bridgehead atoms. The third-order valence-electron chi connectivity index (χ3n) is 3.21. The van der Waals surface area contributed by atoms with Crippen molar-refractivity contribution in [1.29, 1.82) is 0 Å². The summed E-state index contributed by atoms with van der Waals surface area (Å²) in [6.07, 6.45) is -0.226. The first-order valence-corrected chi connectivity index (χ1v) is 8.20. The van der Waals surface area contributed by atoms with E-state index in [1.807, 2.05) is 38.1 Å². The molecule has 0 radical (unpaired) electrons. The molecule has 8 heteroatoms. The SMILES string of the molecule is CC(C)c1nnc(NC(=O)NC[C@H]2COc3ccccc3O2)s1. The van der Waals surface area contributed by atoms with Gasteiger partial charge in [0.1, 0.15) is 11.6 Å². The van der Waals surface area contributed by atoms with Crippen LogP contribution in [-0.4, -0.2) is 35.5 Å². The summed E-state index contributed by atoms with van der Waals surface area (Å²) in [4.78, 5) is 11.9. The van der Waals surface area contributed by atoms with Gasteiger partial charge in [-0.25, -0.2) is 4.79 Å². The fourth-order valence-electron chi connectivity index (χ4n) is 2.03. The summed E-state index contributed by atoms with van der Waals surface area (Å²) in [5.74, 6) is 1.71. The van der Waals surface area contributed by atoms with Crippen LogP contribution in [0.25, 0.3) is 0 Å². The number of carbonyl (C=O) groups excluding carboxylic acids is 1. The summed E-state index contributed by atoms with van der Waals surface area (Å²) in [6, 6.07) is 7.14. The summed E-state index contributed by atoms with van der Waals surface area (Å²) in [7, 11) is 0. The van der Waals surface area contributed by atoms with Gasteiger partial charge in [0, 0.05) is 5.92 Å². The number of fused-ring (bicyclic) bond motifs is 1. The second kappa shape index (κ2) is 6.82. The number of aromatic nitrogens is 2. The summed E-state index contributed by atoms with van der Waals surface area (Å²) >= 11 is 1.37. The van der Waals surface area contributed by atoms with Gasteiger partial charge in [0.05, 0.1) is 6.54 Å². The van der Waals surface area contributed by atoms with E-state index in [2.05, 4.69) is 20.8 Å². The van der Waals surface area contributed by atoms with Crippen molar-refractivity contribution in [2.45, 2.75) is 25.9 Å². The maximum Gasteiger partial charge on any atom is 0.321 e. The molecule has 1 aliphatic heterocycles. The van der Waals surface area contributed by atoms with Gasteiger partial charge in [-0.2, -0.15) is 0 Å². The Labute approximate surface area is 138 Å². The number of amides is 2. The third kappa shape index (κ3) is 3.89. The molecule has 1 aliphatic rings. The predicted octanol–water partition coefficient (Wildman–Crippen LogP) is 2.62. The van der Waals surface area contributed by atoms with Crippen LogP contribution in [0.1, 0.15) is 24.8 Å². The first kappa shape index (κ1) is 15.5. The average molecular weight is 334 g/mol. The lowest BCUT2D eigenvalue weighted by Gasteiger charge is -2.26. The number of anilines is 1. The lowest BCUT2D eigenvalue weighted by Crippen LogP contribution is -2.42. The number of rotatable bonds is 4. The molecule has 23 heavy (non-hydrogen) atoms. The number of hydrogen-bond acceptors (Lipinski definition) is 6. The van der Waals surface area contributed by atoms with E-state index in [9.17, 15) is 4.79 Å². The molecule has 122 valence electrons. The van der Waals surface area contributed by atoms with E-state index < -0.39 is 0 Å². The molecular formula is C15H18N4O3S. The number of carbonyl (C=O) groups is 1. The van der Waals surface area contributed by atoms with Crippen molar-refractivity contribution in [2.24, 2.45) is 0 Å². The standard InChI is InChI=1S/C15H18N4O3S/c1-9(2)13-18-19-15(23-13)17-14(20)16-7-10-8-21-11-5-3-4-6-12(11)22-10/h3-6,9-10H,7-8H2,1-2H3,(H2,16,17,19,20)/t10-/m0/s1. The van der Waals surface area contributed by atoms with Crippen molar-refractivity contribution in [3.63, 3.8) is 0 Å². The molecule has 1 aromatic carbocycles. The Morgan fingerprint density at radius 3 is 2.87 bits per heavy atom. The molecule has 7 nitrogen and oxygen atoms in total. The Morgan fingerprint density at radius 2 is 2.13 bits per heavy atom. The van der Waals surface area contributed by atoms with Crippen molar-refractivity contribution in [2.75, 3.05) is 18.5 Å². The minimum atomic E-state index is -0.334. The van der Waals surface area contributed by atoms with Gasteiger partial charge in [-0.15, -0.1) is 10.2 Å². The fourth-order valence-corrected chi connectivity index (χ4v) is 2.77. The highest BCUT2D eigenvalue weighted by molar-refractivity contribution is 7.15. The van der Waals surface area contributed by atoms with Gasteiger partial charge < -0.3 is 14.8 Å². The topological polar surface area (TPSA) is 85.4 Å². The molecule has 2 heterocycles. The molecule has 0 saturated heterocycles. The van der Waals surface area contributed by atoms with E-state index in [4.69, 9.17) is 9.47 Å². The van der Waals surface area contributed by atoms with Crippen LogP contribution in [0.2, 0.25) is 0 Å². The van der Waals surface area contributed by atoms with Crippen LogP contribution in [0.3, 0.4) is 0 Å². The quantitative estimate of drug-likeness (QED) is 0.898. The van der Waals surface area contributed by atoms with E-state index in [1.165, 1.54) is 11.3 Å². The van der Waals surface area contributed by atoms with Crippen molar-refractivity contribution >= 4 is 22.5 Å². The van der Waals surface area contributed by atoms with Crippen LogP contribution in [0.5, 0.6) is 11.5 Å². The van der Waals surface area contributed by atoms with Crippen LogP contribution < -0.4 is 20.1 Å². The first-order valence-electron chi connectivity index (χ1n) is 7.38. The Kier molecular flexibility index (Phi) is 4.61. The Morgan fingerprint density at radius 1 is 1.35 bits per heavy atom. The largest absolute Gasteiger partial charge is 0.486 e. The van der Waals surface area contributed by atoms with Crippen LogP contribution >= 0.6 is 11.3 Å². The van der Waals surface area contributed by atoms with E-state index in [0.717, 1.165) is 10.8 Å². The van der Waals surface area contributed by atoms with Crippen LogP contribution in [0.15, 0.2) is 24.3 Å². The lowest BCUT2D eigenvalue weighted by molar-refractivity contribution is 0.0922. The van der Waals surface area contributed by atoms with Crippen molar-refractivity contribution < 1.29 is 14.3 Å². The minimum Gasteiger partial charge on any atom is -0.486 e. The van der Waals surface area contributed by atoms with Gasteiger partial charge in [0.15, 0.2) is 17.6 Å². The van der Waals surface area contributed by atoms with E-state index >= 15 is 0 Å². The number of hydrogen-bond donors (Lipinski definition) is 2. The fraction of sp³-hybridized carbons (Fsp3) is 0.400. The zero-order valence-corrected chi connectivity index (χ0v) is 13.7. The van der Waals surface area contributed by atoms with Gasteiger partial charge >= 0.3 is 6.03 Å². The van der Waals surface area contributed by atoms with Gasteiger partial charge in [0.25, 0.3) is 0 Å². The van der Waals surface area contributed by atoms with Crippen LogP contribution in [-0.2, 0) is 0 Å². The van der Waals surface area contributed by atoms with Crippen molar-refractivity contribution in [3.8, 4) is 11.5 Å². The molecule has 3 rings (SSSR count). The van der Waals surface area contributed by atoms with Crippen LogP contribution in [0.4, 0.5) is 9.93 Å². The summed E-state index contributed by atoms with van der Waals surface area (Å²) in [6.45, 7) is 4.80. The molecule has 0 fully saturated rings. The normalized spacial score (nSPS) is 16.2. The number of para-hydroxylation sites is 2. The highest BCUT2D eigenvalue weighted by atomic mass is 32.1. The molecule has 0 spiro atoms. The smallest absolute Gasteiger partial charge is 0.321 e. The molecule has 2 N–H and O–H groups in total. The van der Waals surface area contributed by atoms with E-state index in [1.54, 1.807) is 0 Å². The van der Waals surface area contributed by atoms with E-state index in [-0.39, 0.29) is 12.1 Å². The Balaban J connectivity index is 1.48. The molecule has 1 aromatic heterocycles. The van der Waals surface area contributed by atoms with Gasteiger partial charge in [0.2, 0.25) is 5.13 Å². The third-order valence-corrected chi connectivity index (χ3v) is 4.35. The molecule has 2 aromatic rings. The second-order valence-corrected chi connectivity index (χ2v) is 6.44. The number of ether oxygens (including phenoxy) is 2. The Bertz CT molecular complexity index is 689. The lowest BCUT2D eigenvalue weighted by atomic mass is 10.2. The molecule has 0 unspecified atom stereocenters. The number of urea groups is 1. The van der Waals surface area contributed by atoms with Crippen LogP contribution in [0, 0.1) is 0 Å². The monoisotopic (exact) mass is 334 g/mol. The average Bonchev–Trinajstić information content (AvgIpc) is 3.01. The predicted molar refractivity (Wildman–Crippen MR) is 87.4 cm³/mol. The summed E-state index contributed by atoms with van der Waals surface area (Å²) < 4.78 is 11.4. The number of benzene rings is 1. The maximum absolute atomic E-state index is 11.9. The minimum absolute atomic E-state index is 0.226. The van der Waals surface area contributed by atoms with Crippen molar-refractivity contribution in [1.82, 2.24) is 15.5 Å². The zero-order chi connectivity index (χ0) is 16.2. The molecular weight excluding hydrogens is 316 g/mol. The van der Waals surface area contributed by atoms with Gasteiger partial charge in [-0.05, 0) is 12.1 Å². The van der Waals surface area contributed by atoms with Gasteiger partial charge in [-0.3, -0.25) is 5.32 Å². The van der Waals surface area contributed by atoms with E-state index in [0.29, 0.717) is 30.0 Å². The molecule has 2 amide bonds. The summed E-state index contributed by atoms with van der Waals surface area (Å²) in [5, 5.41) is 14.8. The second-order valence-electron chi connectivity index (χ2n) is 5.43. The number of nitrogens with zero attached hydrogens (tertiary/aromatic N) is 2. The van der Waals surface area contributed by atoms with Gasteiger partial charge in [-0.1, -0.05) is 37.3 Å². The maximum atomic E-state index is 11.9. The number of nitrogens with one attached hydrogen (secondary N) is 2.